The Balaban J connectivity index is 2.35. The van der Waals surface area contributed by atoms with Gasteiger partial charge in [-0.05, 0) is 28.1 Å². The lowest BCUT2D eigenvalue weighted by Gasteiger charge is -2.07. The van der Waals surface area contributed by atoms with E-state index in [4.69, 9.17) is 0 Å². The number of para-hydroxylation sites is 1. The quantitative estimate of drug-likeness (QED) is 0.508. The van der Waals surface area contributed by atoms with E-state index < -0.39 is 10.8 Å². The van der Waals surface area contributed by atoms with E-state index in [9.17, 15) is 20.0 Å². The van der Waals surface area contributed by atoms with E-state index in [2.05, 4.69) is 26.2 Å². The normalized spacial score (nSPS) is 10.1. The second-order valence-corrected chi connectivity index (χ2v) is 4.69. The minimum Gasteiger partial charge on any atom is -0.505 e. The Kier molecular flexibility index (Phi) is 3.94. The van der Waals surface area contributed by atoms with E-state index in [0.717, 1.165) is 0 Å². The third kappa shape index (κ3) is 2.91. The van der Waals surface area contributed by atoms with Crippen LogP contribution in [0.2, 0.25) is 0 Å². The molecule has 1 aromatic carbocycles. The van der Waals surface area contributed by atoms with E-state index in [1.807, 2.05) is 0 Å². The average Bonchev–Trinajstić information content (AvgIpc) is 2.40. The lowest BCUT2D eigenvalue weighted by Crippen LogP contribution is -2.13. The van der Waals surface area contributed by atoms with Gasteiger partial charge >= 0.3 is 0 Å². The number of halogens is 1. The molecule has 8 heteroatoms. The van der Waals surface area contributed by atoms with Crippen molar-refractivity contribution in [3.8, 4) is 5.75 Å². The van der Waals surface area contributed by atoms with E-state index in [1.54, 1.807) is 0 Å². The Hall–Kier alpha value is -2.48. The predicted molar refractivity (Wildman–Crippen MR) is 74.7 cm³/mol. The van der Waals surface area contributed by atoms with E-state index >= 15 is 0 Å². The maximum absolute atomic E-state index is 12.0. The summed E-state index contributed by atoms with van der Waals surface area (Å²) in [6, 6.07) is 5.27. The maximum Gasteiger partial charge on any atom is 0.296 e. The molecule has 20 heavy (non-hydrogen) atoms. The Morgan fingerprint density at radius 2 is 2.15 bits per heavy atom. The highest BCUT2D eigenvalue weighted by Crippen LogP contribution is 2.33. The van der Waals surface area contributed by atoms with Crippen LogP contribution in [0.1, 0.15) is 10.4 Å². The zero-order chi connectivity index (χ0) is 14.7. The van der Waals surface area contributed by atoms with E-state index in [0.29, 0.717) is 4.47 Å². The molecule has 1 aromatic heterocycles. The van der Waals surface area contributed by atoms with Crippen molar-refractivity contribution in [2.24, 2.45) is 0 Å². The van der Waals surface area contributed by atoms with Crippen molar-refractivity contribution >= 4 is 33.2 Å². The molecule has 102 valence electrons. The van der Waals surface area contributed by atoms with Gasteiger partial charge in [0, 0.05) is 22.9 Å². The average molecular weight is 338 g/mol. The van der Waals surface area contributed by atoms with Crippen molar-refractivity contribution in [3.05, 3.63) is 56.8 Å². The van der Waals surface area contributed by atoms with Gasteiger partial charge in [-0.1, -0.05) is 6.07 Å². The van der Waals surface area contributed by atoms with E-state index in [-0.39, 0.29) is 22.7 Å². The number of benzene rings is 1. The highest BCUT2D eigenvalue weighted by Gasteiger charge is 2.20. The zero-order valence-electron chi connectivity index (χ0n) is 9.91. The van der Waals surface area contributed by atoms with Crippen LogP contribution in [0.25, 0.3) is 0 Å². The van der Waals surface area contributed by atoms with Crippen LogP contribution in [0.15, 0.2) is 41.1 Å². The summed E-state index contributed by atoms with van der Waals surface area (Å²) in [4.78, 5) is 26.0. The van der Waals surface area contributed by atoms with Gasteiger partial charge in [0.15, 0.2) is 5.69 Å². The number of hydrogen-bond donors (Lipinski definition) is 2. The molecule has 0 unspecified atom stereocenters. The van der Waals surface area contributed by atoms with Gasteiger partial charge < -0.3 is 10.4 Å². The van der Waals surface area contributed by atoms with Crippen LogP contribution in [-0.4, -0.2) is 20.9 Å². The maximum atomic E-state index is 12.0. The molecule has 1 amide bonds. The molecule has 2 N–H and O–H groups in total. The molecule has 0 saturated carbocycles. The number of rotatable bonds is 3. The number of nitrogens with zero attached hydrogens (tertiary/aromatic N) is 2. The van der Waals surface area contributed by atoms with Crippen molar-refractivity contribution < 1.29 is 14.8 Å². The largest absolute Gasteiger partial charge is 0.505 e. The molecule has 0 saturated heterocycles. The van der Waals surface area contributed by atoms with Gasteiger partial charge in [-0.2, -0.15) is 0 Å². The number of nitro groups is 1. The molecule has 0 bridgehead atoms. The summed E-state index contributed by atoms with van der Waals surface area (Å²) in [6.45, 7) is 0. The van der Waals surface area contributed by atoms with Gasteiger partial charge in [-0.25, -0.2) is 0 Å². The number of carbonyl (C=O) groups excluding carboxylic acids is 1. The standard InChI is InChI=1S/C12H8BrN3O4/c13-8-4-7(5-14-6-8)12(18)15-11-9(16(19)20)2-1-3-10(11)17/h1-6,17H,(H,15,18). The molecular weight excluding hydrogens is 330 g/mol. The number of phenols is 1. The summed E-state index contributed by atoms with van der Waals surface area (Å²) < 4.78 is 0.594. The van der Waals surface area contributed by atoms with Gasteiger partial charge in [-0.15, -0.1) is 0 Å². The molecule has 0 spiro atoms. The van der Waals surface area contributed by atoms with Gasteiger partial charge in [0.25, 0.3) is 11.6 Å². The number of carbonyl (C=O) groups is 1. The summed E-state index contributed by atoms with van der Waals surface area (Å²) in [5.41, 5.74) is -0.430. The van der Waals surface area contributed by atoms with Gasteiger partial charge in [0.05, 0.1) is 10.5 Å². The summed E-state index contributed by atoms with van der Waals surface area (Å²) in [5.74, 6) is -0.987. The minimum atomic E-state index is -0.686. The van der Waals surface area contributed by atoms with Crippen LogP contribution in [0.4, 0.5) is 11.4 Å². The first-order chi connectivity index (χ1) is 9.49. The van der Waals surface area contributed by atoms with Crippen molar-refractivity contribution in [1.29, 1.82) is 0 Å². The fourth-order valence-electron chi connectivity index (χ4n) is 1.53. The number of hydrogen-bond acceptors (Lipinski definition) is 5. The van der Waals surface area contributed by atoms with Crippen LogP contribution >= 0.6 is 15.9 Å². The number of anilines is 1. The molecule has 2 rings (SSSR count). The molecule has 0 atom stereocenters. The molecule has 7 nitrogen and oxygen atoms in total. The zero-order valence-corrected chi connectivity index (χ0v) is 11.5. The molecule has 2 aromatic rings. The second kappa shape index (κ2) is 5.66. The topological polar surface area (TPSA) is 105 Å². The van der Waals surface area contributed by atoms with Gasteiger partial charge in [0.2, 0.25) is 0 Å². The third-order valence-corrected chi connectivity index (χ3v) is 2.86. The molecule has 0 aliphatic carbocycles. The molecule has 0 aliphatic rings. The molecule has 0 fully saturated rings. The predicted octanol–water partition coefficient (Wildman–Crippen LogP) is 2.71. The highest BCUT2D eigenvalue weighted by atomic mass is 79.9. The minimum absolute atomic E-state index is 0.205. The van der Waals surface area contributed by atoms with Crippen LogP contribution in [-0.2, 0) is 0 Å². The van der Waals surface area contributed by atoms with Gasteiger partial charge in [0.1, 0.15) is 5.75 Å². The van der Waals surface area contributed by atoms with Crippen molar-refractivity contribution in [2.45, 2.75) is 0 Å². The Bertz CT molecular complexity index is 690. The third-order valence-electron chi connectivity index (χ3n) is 2.42. The Morgan fingerprint density at radius 1 is 1.40 bits per heavy atom. The monoisotopic (exact) mass is 337 g/mol. The summed E-state index contributed by atoms with van der Waals surface area (Å²) >= 11 is 3.17. The fourth-order valence-corrected chi connectivity index (χ4v) is 1.90. The molecular formula is C12H8BrN3O4. The number of nitrogens with one attached hydrogen (secondary N) is 1. The fraction of sp³-hybridized carbons (Fsp3) is 0. The smallest absolute Gasteiger partial charge is 0.296 e. The number of phenolic OH excluding ortho intramolecular Hbond substituents is 1. The second-order valence-electron chi connectivity index (χ2n) is 3.77. The Morgan fingerprint density at radius 3 is 2.80 bits per heavy atom. The van der Waals surface area contributed by atoms with Crippen molar-refractivity contribution in [3.63, 3.8) is 0 Å². The summed E-state index contributed by atoms with van der Waals surface area (Å²) in [7, 11) is 0. The number of pyridine rings is 1. The van der Waals surface area contributed by atoms with Crippen LogP contribution in [0, 0.1) is 10.1 Å². The van der Waals surface area contributed by atoms with Crippen molar-refractivity contribution in [2.75, 3.05) is 5.32 Å². The summed E-state index contributed by atoms with van der Waals surface area (Å²) in [5, 5.41) is 22.8. The SMILES string of the molecule is O=C(Nc1c(O)cccc1[N+](=O)[O-])c1cncc(Br)c1. The summed E-state index contributed by atoms with van der Waals surface area (Å²) in [6.07, 6.45) is 2.81. The highest BCUT2D eigenvalue weighted by molar-refractivity contribution is 9.10. The first kappa shape index (κ1) is 13.9. The van der Waals surface area contributed by atoms with Crippen molar-refractivity contribution in [1.82, 2.24) is 4.98 Å². The molecule has 1 heterocycles. The number of amides is 1. The van der Waals surface area contributed by atoms with E-state index in [1.165, 1.54) is 36.7 Å². The first-order valence-electron chi connectivity index (χ1n) is 5.37. The first-order valence-corrected chi connectivity index (χ1v) is 6.16. The van der Waals surface area contributed by atoms with Crippen LogP contribution in [0.5, 0.6) is 5.75 Å². The Labute approximate surface area is 121 Å². The van der Waals surface area contributed by atoms with Crippen LogP contribution in [0.3, 0.4) is 0 Å². The number of aromatic hydroxyl groups is 1. The van der Waals surface area contributed by atoms with Gasteiger partial charge in [-0.3, -0.25) is 19.9 Å². The molecule has 0 aliphatic heterocycles. The number of aromatic nitrogens is 1. The molecule has 0 radical (unpaired) electrons. The van der Waals surface area contributed by atoms with Crippen LogP contribution < -0.4 is 5.32 Å². The number of nitro benzene ring substituents is 1. The lowest BCUT2D eigenvalue weighted by molar-refractivity contribution is -0.384. The lowest BCUT2D eigenvalue weighted by atomic mass is 10.2.